The fourth-order valence-electron chi connectivity index (χ4n) is 5.76. The maximum absolute atomic E-state index is 13.8. The second kappa shape index (κ2) is 10.6. The van der Waals surface area contributed by atoms with Crippen molar-refractivity contribution in [2.24, 2.45) is 5.92 Å². The van der Waals surface area contributed by atoms with E-state index in [0.29, 0.717) is 30.8 Å². The number of hydrazine groups is 1. The quantitative estimate of drug-likeness (QED) is 0.545. The van der Waals surface area contributed by atoms with Gasteiger partial charge in [0.05, 0.1) is 25.4 Å². The van der Waals surface area contributed by atoms with Crippen LogP contribution in [-0.4, -0.2) is 73.5 Å². The molecule has 3 fully saturated rings. The lowest BCUT2D eigenvalue weighted by Crippen LogP contribution is -2.69. The first-order chi connectivity index (χ1) is 17.5. The van der Waals surface area contributed by atoms with Gasteiger partial charge in [0, 0.05) is 31.7 Å². The van der Waals surface area contributed by atoms with Crippen molar-refractivity contribution in [2.45, 2.75) is 50.3 Å². The van der Waals surface area contributed by atoms with Crippen LogP contribution in [0.5, 0.6) is 5.75 Å². The summed E-state index contributed by atoms with van der Waals surface area (Å²) >= 11 is 0. The molecular weight excluding hydrogens is 460 g/mol. The van der Waals surface area contributed by atoms with E-state index in [0.717, 1.165) is 5.56 Å². The lowest BCUT2D eigenvalue weighted by molar-refractivity contribution is -0.113. The van der Waals surface area contributed by atoms with Crippen LogP contribution in [0.1, 0.15) is 41.9 Å². The highest BCUT2D eigenvalue weighted by Gasteiger charge is 2.55. The number of ether oxygens (including phenoxy) is 3. The molecule has 5 rings (SSSR count). The van der Waals surface area contributed by atoms with Gasteiger partial charge in [-0.3, -0.25) is 10.1 Å². The second-order valence-electron chi connectivity index (χ2n) is 9.50. The maximum Gasteiger partial charge on any atom is 0.336 e. The van der Waals surface area contributed by atoms with Crippen molar-refractivity contribution in [3.05, 3.63) is 65.7 Å². The third kappa shape index (κ3) is 4.59. The molecule has 192 valence electrons. The molecule has 2 heterocycles. The molecule has 1 saturated carbocycles. The fourth-order valence-corrected chi connectivity index (χ4v) is 5.76. The summed E-state index contributed by atoms with van der Waals surface area (Å²) < 4.78 is 17.0. The minimum Gasteiger partial charge on any atom is -0.494 e. The first kappa shape index (κ1) is 24.7. The van der Waals surface area contributed by atoms with Crippen molar-refractivity contribution in [3.63, 3.8) is 0 Å². The van der Waals surface area contributed by atoms with E-state index in [-0.39, 0.29) is 54.9 Å². The van der Waals surface area contributed by atoms with E-state index < -0.39 is 0 Å². The molecule has 6 atom stereocenters. The zero-order valence-corrected chi connectivity index (χ0v) is 20.9. The average molecular weight is 495 g/mol. The highest BCUT2D eigenvalue weighted by molar-refractivity contribution is 5.99. The topological polar surface area (TPSA) is 92.4 Å². The molecule has 0 radical (unpaired) electrons. The normalized spacial score (nSPS) is 29.6. The van der Waals surface area contributed by atoms with Crippen LogP contribution < -0.4 is 15.5 Å². The Morgan fingerprint density at radius 1 is 1.00 bits per heavy atom. The van der Waals surface area contributed by atoms with Gasteiger partial charge in [-0.15, -0.1) is 0 Å². The molecule has 6 unspecified atom stereocenters. The van der Waals surface area contributed by atoms with Gasteiger partial charge in [0.15, 0.2) is 5.78 Å². The number of urea groups is 1. The smallest absolute Gasteiger partial charge is 0.336 e. The van der Waals surface area contributed by atoms with Crippen LogP contribution in [0.15, 0.2) is 54.6 Å². The number of amides is 2. The van der Waals surface area contributed by atoms with Crippen LogP contribution in [0.4, 0.5) is 4.79 Å². The molecule has 1 aliphatic carbocycles. The van der Waals surface area contributed by atoms with Crippen LogP contribution in [0.2, 0.25) is 0 Å². The van der Waals surface area contributed by atoms with Gasteiger partial charge in [0.2, 0.25) is 0 Å². The van der Waals surface area contributed by atoms with Crippen molar-refractivity contribution in [1.29, 1.82) is 0 Å². The first-order valence-electron chi connectivity index (χ1n) is 12.5. The lowest BCUT2D eigenvalue weighted by Gasteiger charge is -2.52. The summed E-state index contributed by atoms with van der Waals surface area (Å²) in [6.07, 6.45) is 0.636. The number of hydrogen-bond acceptors (Lipinski definition) is 7. The third-order valence-electron chi connectivity index (χ3n) is 7.57. The number of nitrogens with zero attached hydrogens (tertiary/aromatic N) is 2. The summed E-state index contributed by atoms with van der Waals surface area (Å²) in [4.78, 5) is 28.8. The maximum atomic E-state index is 13.8. The number of fused-ring (bicyclic) bond motifs is 3. The Morgan fingerprint density at radius 3 is 2.36 bits per heavy atom. The number of carbonyl (C=O) groups is 2. The molecule has 0 aromatic heterocycles. The van der Waals surface area contributed by atoms with Crippen LogP contribution in [0.25, 0.3) is 0 Å². The number of ketones is 1. The number of methoxy groups -OCH3 is 2. The standard InChI is InChI=1S/C27H34N4O5/c1-4-36-19-12-10-17(11-13-19)22(32)16-30-21-15-24(35-3)23(34-2)14-20(21)26-28-25(29-31(26)27(30)33)18-8-6-5-7-9-18/h5-13,20-21,23-26,28-29H,4,14-16H2,1-3H3. The Kier molecular flexibility index (Phi) is 7.25. The van der Waals surface area contributed by atoms with Crippen LogP contribution in [-0.2, 0) is 9.47 Å². The summed E-state index contributed by atoms with van der Waals surface area (Å²) in [5.74, 6) is 0.651. The van der Waals surface area contributed by atoms with Gasteiger partial charge >= 0.3 is 6.03 Å². The molecule has 2 aliphatic heterocycles. The molecule has 9 heteroatoms. The molecule has 9 nitrogen and oxygen atoms in total. The van der Waals surface area contributed by atoms with E-state index in [2.05, 4.69) is 10.7 Å². The number of hydrogen-bond donors (Lipinski definition) is 2. The molecule has 0 spiro atoms. The SMILES string of the molecule is CCOc1ccc(C(=O)CN2C(=O)N3NC(c4ccccc4)NC3C3CC(OC)C(OC)CC32)cc1. The average Bonchev–Trinajstić information content (AvgIpc) is 3.37. The fraction of sp³-hybridized carbons (Fsp3) is 0.481. The number of benzene rings is 2. The van der Waals surface area contributed by atoms with Gasteiger partial charge in [0.1, 0.15) is 18.1 Å². The van der Waals surface area contributed by atoms with E-state index in [4.69, 9.17) is 14.2 Å². The van der Waals surface area contributed by atoms with Crippen molar-refractivity contribution < 1.29 is 23.8 Å². The Morgan fingerprint density at radius 2 is 1.69 bits per heavy atom. The number of rotatable bonds is 8. The van der Waals surface area contributed by atoms with E-state index in [1.54, 1.807) is 48.4 Å². The Hall–Kier alpha value is -2.98. The molecule has 36 heavy (non-hydrogen) atoms. The van der Waals surface area contributed by atoms with Gasteiger partial charge in [-0.25, -0.2) is 15.2 Å². The Labute approximate surface area is 211 Å². The summed E-state index contributed by atoms with van der Waals surface area (Å²) in [6.45, 7) is 2.46. The molecule has 3 aliphatic rings. The van der Waals surface area contributed by atoms with Gasteiger partial charge in [-0.05, 0) is 49.6 Å². The predicted molar refractivity (Wildman–Crippen MR) is 133 cm³/mol. The highest BCUT2D eigenvalue weighted by Crippen LogP contribution is 2.41. The van der Waals surface area contributed by atoms with Crippen LogP contribution in [0, 0.1) is 5.92 Å². The Bertz CT molecular complexity index is 1070. The predicted octanol–water partition coefficient (Wildman–Crippen LogP) is 2.95. The van der Waals surface area contributed by atoms with Gasteiger partial charge < -0.3 is 19.1 Å². The zero-order valence-electron chi connectivity index (χ0n) is 20.9. The van der Waals surface area contributed by atoms with Crippen LogP contribution in [0.3, 0.4) is 0 Å². The zero-order chi connectivity index (χ0) is 25.2. The minimum atomic E-state index is -0.222. The van der Waals surface area contributed by atoms with Crippen LogP contribution >= 0.6 is 0 Å². The first-order valence-corrected chi connectivity index (χ1v) is 12.5. The minimum absolute atomic E-state index is 0.0109. The van der Waals surface area contributed by atoms with E-state index in [1.165, 1.54) is 0 Å². The number of carbonyl (C=O) groups excluding carboxylic acids is 2. The van der Waals surface area contributed by atoms with Crippen molar-refractivity contribution in [1.82, 2.24) is 20.7 Å². The summed E-state index contributed by atoms with van der Waals surface area (Å²) in [5, 5.41) is 5.27. The molecule has 2 aromatic carbocycles. The molecular formula is C27H34N4O5. The van der Waals surface area contributed by atoms with E-state index >= 15 is 0 Å². The summed E-state index contributed by atoms with van der Waals surface area (Å²) in [5.41, 5.74) is 4.94. The second-order valence-corrected chi connectivity index (χ2v) is 9.50. The molecule has 2 amide bonds. The number of Topliss-reactive ketones (excluding diaryl/α,β-unsaturated/α-hetero) is 1. The van der Waals surface area contributed by atoms with E-state index in [9.17, 15) is 9.59 Å². The Balaban J connectivity index is 1.41. The lowest BCUT2D eigenvalue weighted by atomic mass is 9.76. The largest absolute Gasteiger partial charge is 0.494 e. The monoisotopic (exact) mass is 494 g/mol. The summed E-state index contributed by atoms with van der Waals surface area (Å²) in [6, 6.07) is 16.7. The summed E-state index contributed by atoms with van der Waals surface area (Å²) in [7, 11) is 3.37. The van der Waals surface area contributed by atoms with Crippen molar-refractivity contribution in [3.8, 4) is 5.75 Å². The molecule has 2 saturated heterocycles. The van der Waals surface area contributed by atoms with E-state index in [1.807, 2.05) is 37.3 Å². The molecule has 2 aromatic rings. The molecule has 0 bridgehead atoms. The van der Waals surface area contributed by atoms with Gasteiger partial charge in [-0.2, -0.15) is 0 Å². The van der Waals surface area contributed by atoms with Gasteiger partial charge in [0.25, 0.3) is 0 Å². The van der Waals surface area contributed by atoms with Crippen molar-refractivity contribution >= 4 is 11.8 Å². The van der Waals surface area contributed by atoms with Gasteiger partial charge in [-0.1, -0.05) is 30.3 Å². The van der Waals surface area contributed by atoms with Crippen molar-refractivity contribution in [2.75, 3.05) is 27.4 Å². The number of nitrogens with one attached hydrogen (secondary N) is 2. The third-order valence-corrected chi connectivity index (χ3v) is 7.57. The molecule has 2 N–H and O–H groups in total. The highest BCUT2D eigenvalue weighted by atomic mass is 16.5.